The van der Waals surface area contributed by atoms with Crippen LogP contribution in [0.1, 0.15) is 18.6 Å². The van der Waals surface area contributed by atoms with Crippen molar-refractivity contribution in [1.82, 2.24) is 10.9 Å². The van der Waals surface area contributed by atoms with E-state index in [0.29, 0.717) is 6.04 Å². The van der Waals surface area contributed by atoms with Crippen molar-refractivity contribution in [3.05, 3.63) is 41.5 Å². The highest BCUT2D eigenvalue weighted by Crippen LogP contribution is 2.28. The van der Waals surface area contributed by atoms with Gasteiger partial charge in [-0.05, 0) is 25.0 Å². The van der Waals surface area contributed by atoms with Crippen LogP contribution < -0.4 is 10.9 Å². The van der Waals surface area contributed by atoms with Gasteiger partial charge in [-0.25, -0.2) is 0 Å². The standard InChI is InChI=1S/C14H13N3OS/c1-2-4-12-9(3-1)7-13(18-12)11-8-19-14(17-16-11)15-10-5-6-10/h1-4,7-8,10,16H,5-6H2,(H,15,17). The molecule has 1 aliphatic heterocycles. The Hall–Kier alpha value is -1.88. The van der Waals surface area contributed by atoms with Gasteiger partial charge in [0.15, 0.2) is 10.9 Å². The van der Waals surface area contributed by atoms with E-state index < -0.39 is 0 Å². The van der Waals surface area contributed by atoms with Gasteiger partial charge in [-0.15, -0.1) is 0 Å². The summed E-state index contributed by atoms with van der Waals surface area (Å²) in [6.07, 6.45) is 2.43. The maximum Gasteiger partial charge on any atom is 0.180 e. The van der Waals surface area contributed by atoms with Gasteiger partial charge in [0.1, 0.15) is 11.3 Å². The molecule has 1 aromatic heterocycles. The summed E-state index contributed by atoms with van der Waals surface area (Å²) in [5.41, 5.74) is 8.11. The number of hydrogen-bond acceptors (Lipinski definition) is 4. The zero-order valence-electron chi connectivity index (χ0n) is 10.2. The monoisotopic (exact) mass is 271 g/mol. The fourth-order valence-corrected chi connectivity index (χ4v) is 2.69. The van der Waals surface area contributed by atoms with Crippen molar-refractivity contribution < 1.29 is 4.42 Å². The van der Waals surface area contributed by atoms with Crippen LogP contribution in [-0.4, -0.2) is 11.2 Å². The average molecular weight is 271 g/mol. The fourth-order valence-electron chi connectivity index (χ4n) is 1.96. The number of aliphatic imine (C=N–C) groups is 1. The Morgan fingerprint density at radius 3 is 2.84 bits per heavy atom. The largest absolute Gasteiger partial charge is 0.454 e. The molecule has 0 bridgehead atoms. The van der Waals surface area contributed by atoms with E-state index >= 15 is 0 Å². The molecule has 4 nitrogen and oxygen atoms in total. The molecule has 1 fully saturated rings. The fraction of sp³-hybridized carbons (Fsp3) is 0.214. The number of nitrogens with one attached hydrogen (secondary N) is 2. The molecule has 2 aliphatic rings. The molecule has 0 radical (unpaired) electrons. The number of furan rings is 1. The molecule has 96 valence electrons. The lowest BCUT2D eigenvalue weighted by molar-refractivity contribution is 0.589. The van der Waals surface area contributed by atoms with E-state index in [-0.39, 0.29) is 0 Å². The average Bonchev–Trinajstić information content (AvgIpc) is 3.15. The second-order valence-electron chi connectivity index (χ2n) is 4.71. The predicted octanol–water partition coefficient (Wildman–Crippen LogP) is 3.09. The molecule has 4 rings (SSSR count). The van der Waals surface area contributed by atoms with E-state index in [1.54, 1.807) is 11.8 Å². The highest BCUT2D eigenvalue weighted by molar-refractivity contribution is 8.16. The van der Waals surface area contributed by atoms with E-state index in [4.69, 9.17) is 4.42 Å². The van der Waals surface area contributed by atoms with Gasteiger partial charge < -0.3 is 4.42 Å². The normalized spacial score (nSPS) is 21.1. The van der Waals surface area contributed by atoms with Crippen LogP contribution in [0.4, 0.5) is 0 Å². The number of rotatable bonds is 2. The van der Waals surface area contributed by atoms with Crippen LogP contribution in [0.15, 0.2) is 45.1 Å². The molecular formula is C14H13N3OS. The van der Waals surface area contributed by atoms with Crippen molar-refractivity contribution in [2.75, 3.05) is 0 Å². The van der Waals surface area contributed by atoms with Gasteiger partial charge in [0, 0.05) is 10.8 Å². The Kier molecular flexibility index (Phi) is 2.51. The summed E-state index contributed by atoms with van der Waals surface area (Å²) in [5, 5.41) is 4.08. The summed E-state index contributed by atoms with van der Waals surface area (Å²) in [6.45, 7) is 0. The number of amidine groups is 1. The van der Waals surface area contributed by atoms with Crippen molar-refractivity contribution in [2.45, 2.75) is 18.9 Å². The van der Waals surface area contributed by atoms with Gasteiger partial charge >= 0.3 is 0 Å². The summed E-state index contributed by atoms with van der Waals surface area (Å²) in [7, 11) is 0. The maximum absolute atomic E-state index is 5.81. The molecule has 2 heterocycles. The molecule has 1 aliphatic carbocycles. The molecule has 19 heavy (non-hydrogen) atoms. The lowest BCUT2D eigenvalue weighted by atomic mass is 10.2. The van der Waals surface area contributed by atoms with Crippen LogP contribution >= 0.6 is 11.8 Å². The van der Waals surface area contributed by atoms with Gasteiger partial charge in [0.05, 0.1) is 6.04 Å². The molecule has 0 spiro atoms. The van der Waals surface area contributed by atoms with Crippen molar-refractivity contribution >= 4 is 33.6 Å². The summed E-state index contributed by atoms with van der Waals surface area (Å²) >= 11 is 1.60. The van der Waals surface area contributed by atoms with Gasteiger partial charge in [-0.3, -0.25) is 15.8 Å². The first kappa shape index (κ1) is 11.0. The molecule has 1 saturated carbocycles. The molecule has 0 saturated heterocycles. The van der Waals surface area contributed by atoms with Gasteiger partial charge in [0.2, 0.25) is 0 Å². The maximum atomic E-state index is 5.81. The third-order valence-corrected chi connectivity index (χ3v) is 3.91. The third kappa shape index (κ3) is 2.21. The number of fused-ring (bicyclic) bond motifs is 1. The summed E-state index contributed by atoms with van der Waals surface area (Å²) in [5.74, 6) is 0.840. The Morgan fingerprint density at radius 1 is 1.21 bits per heavy atom. The SMILES string of the molecule is C1=C(c2cc3ccccc3o2)NNC(=NC2CC2)S1. The first-order valence-corrected chi connectivity index (χ1v) is 7.22. The first-order chi connectivity index (χ1) is 9.38. The summed E-state index contributed by atoms with van der Waals surface area (Å²) in [4.78, 5) is 4.55. The summed E-state index contributed by atoms with van der Waals surface area (Å²) < 4.78 is 5.81. The van der Waals surface area contributed by atoms with E-state index in [1.807, 2.05) is 35.7 Å². The second-order valence-corrected chi connectivity index (χ2v) is 5.57. The molecule has 1 aromatic carbocycles. The highest BCUT2D eigenvalue weighted by atomic mass is 32.2. The first-order valence-electron chi connectivity index (χ1n) is 6.34. The number of hydrazine groups is 1. The van der Waals surface area contributed by atoms with Crippen molar-refractivity contribution in [1.29, 1.82) is 0 Å². The highest BCUT2D eigenvalue weighted by Gasteiger charge is 2.22. The number of nitrogens with zero attached hydrogens (tertiary/aromatic N) is 1. The van der Waals surface area contributed by atoms with Gasteiger partial charge in [-0.1, -0.05) is 30.0 Å². The van der Waals surface area contributed by atoms with Crippen LogP contribution in [0.2, 0.25) is 0 Å². The minimum absolute atomic E-state index is 0.526. The zero-order valence-corrected chi connectivity index (χ0v) is 11.0. The lowest BCUT2D eigenvalue weighted by Crippen LogP contribution is -2.37. The van der Waals surface area contributed by atoms with Crippen LogP contribution in [0, 0.1) is 0 Å². The Bertz CT molecular complexity index is 652. The molecule has 0 amide bonds. The predicted molar refractivity (Wildman–Crippen MR) is 78.5 cm³/mol. The molecule has 2 N–H and O–H groups in total. The van der Waals surface area contributed by atoms with Crippen LogP contribution in [0.25, 0.3) is 16.7 Å². The molecular weight excluding hydrogens is 258 g/mol. The van der Waals surface area contributed by atoms with Gasteiger partial charge in [-0.2, -0.15) is 0 Å². The van der Waals surface area contributed by atoms with Crippen molar-refractivity contribution in [3.63, 3.8) is 0 Å². The van der Waals surface area contributed by atoms with E-state index in [2.05, 4.69) is 15.8 Å². The zero-order chi connectivity index (χ0) is 12.7. The second kappa shape index (κ2) is 4.35. The van der Waals surface area contributed by atoms with Crippen molar-refractivity contribution in [2.24, 2.45) is 4.99 Å². The quantitative estimate of drug-likeness (QED) is 0.881. The third-order valence-electron chi connectivity index (χ3n) is 3.13. The van der Waals surface area contributed by atoms with Crippen LogP contribution in [0.5, 0.6) is 0 Å². The van der Waals surface area contributed by atoms with E-state index in [1.165, 1.54) is 12.8 Å². The van der Waals surface area contributed by atoms with E-state index in [0.717, 1.165) is 27.6 Å². The molecule has 5 heteroatoms. The molecule has 0 atom stereocenters. The smallest absolute Gasteiger partial charge is 0.180 e. The minimum Gasteiger partial charge on any atom is -0.454 e. The van der Waals surface area contributed by atoms with Crippen LogP contribution in [-0.2, 0) is 0 Å². The lowest BCUT2D eigenvalue weighted by Gasteiger charge is -2.17. The van der Waals surface area contributed by atoms with E-state index in [9.17, 15) is 0 Å². The Labute approximate surface area is 114 Å². The van der Waals surface area contributed by atoms with Gasteiger partial charge in [0.25, 0.3) is 0 Å². The number of para-hydroxylation sites is 1. The topological polar surface area (TPSA) is 49.6 Å². The van der Waals surface area contributed by atoms with Crippen LogP contribution in [0.3, 0.4) is 0 Å². The minimum atomic E-state index is 0.526. The number of benzene rings is 1. The Balaban J connectivity index is 1.60. The molecule has 2 aromatic rings. The number of thioether (sulfide) groups is 1. The summed E-state index contributed by atoms with van der Waals surface area (Å²) in [6, 6.07) is 10.6. The number of hydrogen-bond donors (Lipinski definition) is 2. The van der Waals surface area contributed by atoms with Crippen molar-refractivity contribution in [3.8, 4) is 0 Å². The molecule has 0 unspecified atom stereocenters. The Morgan fingerprint density at radius 2 is 2.11 bits per heavy atom.